The molecule has 0 amide bonds. The number of nitrogens with one attached hydrogen (secondary N) is 1. The van der Waals surface area contributed by atoms with E-state index in [2.05, 4.69) is 10.3 Å². The third-order valence-electron chi connectivity index (χ3n) is 2.76. The maximum Gasteiger partial charge on any atom is 0.402 e. The Labute approximate surface area is 112 Å². The maximum absolute atomic E-state index is 12.8. The second kappa shape index (κ2) is 5.99. The van der Waals surface area contributed by atoms with E-state index < -0.39 is 24.3 Å². The van der Waals surface area contributed by atoms with Gasteiger partial charge in [-0.1, -0.05) is 13.0 Å². The van der Waals surface area contributed by atoms with Crippen LogP contribution in [0.1, 0.15) is 24.2 Å². The molecule has 8 heteroatoms. The lowest BCUT2D eigenvalue weighted by Crippen LogP contribution is -2.45. The van der Waals surface area contributed by atoms with Gasteiger partial charge in [-0.25, -0.2) is 0 Å². The average molecular weight is 300 g/mol. The van der Waals surface area contributed by atoms with Crippen LogP contribution in [0, 0.1) is 12.8 Å². The first-order valence-corrected chi connectivity index (χ1v) is 5.86. The summed E-state index contributed by atoms with van der Waals surface area (Å²) in [4.78, 5) is 3.75. The Morgan fingerprint density at radius 1 is 1.10 bits per heavy atom. The van der Waals surface area contributed by atoms with Crippen LogP contribution in [0.5, 0.6) is 0 Å². The first kappa shape index (κ1) is 16.7. The number of pyridine rings is 1. The normalized spacial score (nSPS) is 14.7. The van der Waals surface area contributed by atoms with Gasteiger partial charge in [-0.3, -0.25) is 4.98 Å². The molecule has 0 aliphatic carbocycles. The molecule has 0 aliphatic heterocycles. The van der Waals surface area contributed by atoms with Crippen LogP contribution in [-0.2, 0) is 0 Å². The van der Waals surface area contributed by atoms with Crippen molar-refractivity contribution in [2.75, 3.05) is 6.54 Å². The summed E-state index contributed by atoms with van der Waals surface area (Å²) in [6.45, 7) is 3.01. The number of hydrogen-bond donors (Lipinski definition) is 1. The van der Waals surface area contributed by atoms with Crippen LogP contribution in [0.2, 0.25) is 0 Å². The van der Waals surface area contributed by atoms with Crippen LogP contribution < -0.4 is 5.32 Å². The smallest absolute Gasteiger partial charge is 0.309 e. The highest BCUT2D eigenvalue weighted by Crippen LogP contribution is 2.46. The SMILES string of the molecule is CCNC(c1ccc(C)nc1)C(C(F)(F)F)C(F)(F)F. The highest BCUT2D eigenvalue weighted by Gasteiger charge is 2.60. The van der Waals surface area contributed by atoms with Crippen LogP contribution in [0.15, 0.2) is 18.3 Å². The first-order valence-electron chi connectivity index (χ1n) is 5.86. The summed E-state index contributed by atoms with van der Waals surface area (Å²) in [7, 11) is 0. The fourth-order valence-corrected chi connectivity index (χ4v) is 1.87. The van der Waals surface area contributed by atoms with Crippen molar-refractivity contribution in [1.82, 2.24) is 10.3 Å². The molecule has 0 spiro atoms. The molecule has 1 atom stereocenters. The van der Waals surface area contributed by atoms with E-state index in [9.17, 15) is 26.3 Å². The topological polar surface area (TPSA) is 24.9 Å². The van der Waals surface area contributed by atoms with Gasteiger partial charge in [0.25, 0.3) is 0 Å². The minimum absolute atomic E-state index is 0.0266. The van der Waals surface area contributed by atoms with Gasteiger partial charge < -0.3 is 5.32 Å². The standard InChI is InChI=1S/C12H14F6N2/c1-3-19-9(8-5-4-7(2)20-6-8)10(11(13,14)15)12(16,17)18/h4-6,9-10,19H,3H2,1-2H3. The summed E-state index contributed by atoms with van der Waals surface area (Å²) in [5, 5.41) is 2.25. The molecule has 1 aromatic heterocycles. The van der Waals surface area contributed by atoms with Crippen molar-refractivity contribution in [3.63, 3.8) is 0 Å². The van der Waals surface area contributed by atoms with E-state index in [1.165, 1.54) is 19.1 Å². The third kappa shape index (κ3) is 4.09. The Morgan fingerprint density at radius 3 is 2.00 bits per heavy atom. The van der Waals surface area contributed by atoms with Crippen LogP contribution in [0.25, 0.3) is 0 Å². The second-order valence-corrected chi connectivity index (χ2v) is 4.33. The number of hydrogen-bond acceptors (Lipinski definition) is 2. The number of nitrogens with zero attached hydrogens (tertiary/aromatic N) is 1. The van der Waals surface area contributed by atoms with E-state index in [0.29, 0.717) is 5.69 Å². The molecule has 1 unspecified atom stereocenters. The van der Waals surface area contributed by atoms with E-state index in [4.69, 9.17) is 0 Å². The molecule has 0 radical (unpaired) electrons. The van der Waals surface area contributed by atoms with E-state index in [-0.39, 0.29) is 12.1 Å². The van der Waals surface area contributed by atoms with E-state index in [0.717, 1.165) is 6.20 Å². The monoisotopic (exact) mass is 300 g/mol. The summed E-state index contributed by atoms with van der Waals surface area (Å²) in [6.07, 6.45) is -9.75. The second-order valence-electron chi connectivity index (χ2n) is 4.33. The molecule has 0 saturated carbocycles. The maximum atomic E-state index is 12.8. The average Bonchev–Trinajstić information content (AvgIpc) is 2.25. The highest BCUT2D eigenvalue weighted by molar-refractivity contribution is 5.19. The Balaban J connectivity index is 3.24. The number of aryl methyl sites for hydroxylation is 1. The van der Waals surface area contributed by atoms with Gasteiger partial charge in [-0.2, -0.15) is 26.3 Å². The summed E-state index contributed by atoms with van der Waals surface area (Å²) in [5.41, 5.74) is 0.372. The molecule has 1 heterocycles. The van der Waals surface area contributed by atoms with Gasteiger partial charge in [0, 0.05) is 11.9 Å². The Hall–Kier alpha value is -1.31. The van der Waals surface area contributed by atoms with E-state index in [1.54, 1.807) is 6.92 Å². The van der Waals surface area contributed by atoms with Crippen LogP contribution in [0.4, 0.5) is 26.3 Å². The van der Waals surface area contributed by atoms with Crippen LogP contribution >= 0.6 is 0 Å². The van der Waals surface area contributed by atoms with Gasteiger partial charge in [0.05, 0.1) is 6.04 Å². The number of alkyl halides is 6. The lowest BCUT2D eigenvalue weighted by Gasteiger charge is -2.31. The van der Waals surface area contributed by atoms with Crippen LogP contribution in [-0.4, -0.2) is 23.9 Å². The minimum atomic E-state index is -5.39. The largest absolute Gasteiger partial charge is 0.402 e. The molecule has 0 fully saturated rings. The first-order chi connectivity index (χ1) is 9.07. The molecule has 0 bridgehead atoms. The molecule has 0 aromatic carbocycles. The van der Waals surface area contributed by atoms with E-state index >= 15 is 0 Å². The van der Waals surface area contributed by atoms with Gasteiger partial charge in [-0.05, 0) is 25.1 Å². The zero-order chi connectivity index (χ0) is 15.6. The fourth-order valence-electron chi connectivity index (χ4n) is 1.87. The van der Waals surface area contributed by atoms with Gasteiger partial charge in [-0.15, -0.1) is 0 Å². The molecule has 2 nitrogen and oxygen atoms in total. The van der Waals surface area contributed by atoms with Gasteiger partial charge >= 0.3 is 12.4 Å². The summed E-state index contributed by atoms with van der Waals surface area (Å²) in [6, 6.07) is 0.692. The van der Waals surface area contributed by atoms with Crippen molar-refractivity contribution in [3.8, 4) is 0 Å². The zero-order valence-electron chi connectivity index (χ0n) is 10.8. The highest BCUT2D eigenvalue weighted by atomic mass is 19.4. The van der Waals surface area contributed by atoms with E-state index in [1.807, 2.05) is 0 Å². The lowest BCUT2D eigenvalue weighted by atomic mass is 9.92. The van der Waals surface area contributed by atoms with Gasteiger partial charge in [0.15, 0.2) is 5.92 Å². The Bertz CT molecular complexity index is 409. The van der Waals surface area contributed by atoms with Crippen molar-refractivity contribution >= 4 is 0 Å². The van der Waals surface area contributed by atoms with Crippen molar-refractivity contribution in [2.45, 2.75) is 32.2 Å². The number of aromatic nitrogens is 1. The minimum Gasteiger partial charge on any atom is -0.309 e. The molecule has 114 valence electrons. The van der Waals surface area contributed by atoms with Gasteiger partial charge in [0.1, 0.15) is 0 Å². The summed E-state index contributed by atoms with van der Waals surface area (Å²) < 4.78 is 76.6. The molecule has 0 saturated heterocycles. The van der Waals surface area contributed by atoms with Gasteiger partial charge in [0.2, 0.25) is 0 Å². The third-order valence-corrected chi connectivity index (χ3v) is 2.76. The molecular weight excluding hydrogens is 286 g/mol. The summed E-state index contributed by atoms with van der Waals surface area (Å²) >= 11 is 0. The van der Waals surface area contributed by atoms with Crippen molar-refractivity contribution < 1.29 is 26.3 Å². The molecule has 1 N–H and O–H groups in total. The summed E-state index contributed by atoms with van der Waals surface area (Å²) in [5.74, 6) is -3.47. The van der Waals surface area contributed by atoms with Crippen molar-refractivity contribution in [2.24, 2.45) is 5.92 Å². The zero-order valence-corrected chi connectivity index (χ0v) is 10.8. The van der Waals surface area contributed by atoms with Crippen molar-refractivity contribution in [3.05, 3.63) is 29.6 Å². The molecule has 1 rings (SSSR count). The fraction of sp³-hybridized carbons (Fsp3) is 0.583. The predicted molar refractivity (Wildman–Crippen MR) is 61.0 cm³/mol. The Kier molecular flexibility index (Phi) is 5.01. The molecule has 1 aromatic rings. The van der Waals surface area contributed by atoms with Crippen molar-refractivity contribution in [1.29, 1.82) is 0 Å². The molecular formula is C12H14F6N2. The number of halogens is 6. The quantitative estimate of drug-likeness (QED) is 0.856. The Morgan fingerprint density at radius 2 is 1.65 bits per heavy atom. The lowest BCUT2D eigenvalue weighted by molar-refractivity contribution is -0.292. The predicted octanol–water partition coefficient (Wildman–Crippen LogP) is 3.78. The van der Waals surface area contributed by atoms with Crippen LogP contribution in [0.3, 0.4) is 0 Å². The number of rotatable bonds is 4. The molecule has 0 aliphatic rings. The molecule has 20 heavy (non-hydrogen) atoms.